The fourth-order valence-corrected chi connectivity index (χ4v) is 3.14. The minimum Gasteiger partial charge on any atom is -0.437 e. The van der Waals surface area contributed by atoms with Crippen molar-refractivity contribution < 1.29 is 14.3 Å². The first-order valence-electron chi connectivity index (χ1n) is 8.42. The van der Waals surface area contributed by atoms with Crippen LogP contribution in [0.2, 0.25) is 0 Å². The molecule has 1 atom stereocenters. The van der Waals surface area contributed by atoms with E-state index in [4.69, 9.17) is 4.74 Å². The Hall–Kier alpha value is -2.60. The molecule has 2 heterocycles. The SMILES string of the molecule is C=C1[C@H](CNC(C)=O)OC(=O)N1c1ccc(C2=CCNCC2)cc1C. The van der Waals surface area contributed by atoms with Gasteiger partial charge in [0.05, 0.1) is 17.9 Å². The van der Waals surface area contributed by atoms with E-state index in [1.165, 1.54) is 23.0 Å². The van der Waals surface area contributed by atoms with Crippen molar-refractivity contribution in [1.82, 2.24) is 10.6 Å². The number of carbonyl (C=O) groups excluding carboxylic acids is 2. The van der Waals surface area contributed by atoms with Gasteiger partial charge in [0.1, 0.15) is 0 Å². The van der Waals surface area contributed by atoms with Crippen molar-refractivity contribution in [3.8, 4) is 0 Å². The highest BCUT2D eigenvalue weighted by molar-refractivity contribution is 5.95. The molecule has 1 fully saturated rings. The van der Waals surface area contributed by atoms with E-state index in [-0.39, 0.29) is 12.5 Å². The molecule has 2 amide bonds. The maximum Gasteiger partial charge on any atom is 0.419 e. The Morgan fingerprint density at radius 1 is 1.48 bits per heavy atom. The molecule has 2 N–H and O–H groups in total. The zero-order valence-corrected chi connectivity index (χ0v) is 14.6. The third kappa shape index (κ3) is 3.58. The highest BCUT2D eigenvalue weighted by atomic mass is 16.6. The molecular weight excluding hydrogens is 318 g/mol. The maximum atomic E-state index is 12.3. The zero-order chi connectivity index (χ0) is 18.0. The fraction of sp³-hybridized carbons (Fsp3) is 0.368. The smallest absolute Gasteiger partial charge is 0.419 e. The lowest BCUT2D eigenvalue weighted by molar-refractivity contribution is -0.119. The predicted molar refractivity (Wildman–Crippen MR) is 97.2 cm³/mol. The van der Waals surface area contributed by atoms with E-state index >= 15 is 0 Å². The van der Waals surface area contributed by atoms with Gasteiger partial charge in [0.2, 0.25) is 5.91 Å². The number of amides is 2. The Labute approximate surface area is 147 Å². The second kappa shape index (κ2) is 7.11. The average Bonchev–Trinajstić information content (AvgIpc) is 2.88. The molecule has 25 heavy (non-hydrogen) atoms. The number of benzene rings is 1. The van der Waals surface area contributed by atoms with Crippen molar-refractivity contribution in [2.45, 2.75) is 26.4 Å². The lowest BCUT2D eigenvalue weighted by Gasteiger charge is -2.20. The standard InChI is InChI=1S/C19H23N3O3/c1-12-10-16(15-6-8-20-9-7-15)4-5-17(12)22-13(2)18(25-19(22)24)11-21-14(3)23/h4-6,10,18,20H,2,7-9,11H2,1,3H3,(H,21,23)/t18-/m0/s1. The third-order valence-electron chi connectivity index (χ3n) is 4.49. The molecule has 3 rings (SSSR count). The molecular formula is C19H23N3O3. The number of aryl methyl sites for hydroxylation is 1. The topological polar surface area (TPSA) is 70.7 Å². The van der Waals surface area contributed by atoms with Gasteiger partial charge in [-0.1, -0.05) is 18.7 Å². The molecule has 0 bridgehead atoms. The lowest BCUT2D eigenvalue weighted by atomic mass is 9.97. The highest BCUT2D eigenvalue weighted by Crippen LogP contribution is 2.33. The number of hydrogen-bond acceptors (Lipinski definition) is 4. The summed E-state index contributed by atoms with van der Waals surface area (Å²) in [4.78, 5) is 24.9. The van der Waals surface area contributed by atoms with E-state index < -0.39 is 12.2 Å². The maximum absolute atomic E-state index is 12.3. The quantitative estimate of drug-likeness (QED) is 0.882. The van der Waals surface area contributed by atoms with Gasteiger partial charge >= 0.3 is 6.09 Å². The van der Waals surface area contributed by atoms with Crippen LogP contribution < -0.4 is 15.5 Å². The summed E-state index contributed by atoms with van der Waals surface area (Å²) in [6.45, 7) is 9.48. The molecule has 0 saturated carbocycles. The molecule has 1 saturated heterocycles. The fourth-order valence-electron chi connectivity index (χ4n) is 3.14. The number of ether oxygens (including phenoxy) is 1. The number of hydrogen-bond donors (Lipinski definition) is 2. The first kappa shape index (κ1) is 17.2. The van der Waals surface area contributed by atoms with Crippen LogP contribution in [0.3, 0.4) is 0 Å². The van der Waals surface area contributed by atoms with Crippen molar-refractivity contribution in [3.05, 3.63) is 47.7 Å². The summed E-state index contributed by atoms with van der Waals surface area (Å²) in [6, 6.07) is 6.05. The number of nitrogens with one attached hydrogen (secondary N) is 2. The molecule has 0 unspecified atom stereocenters. The normalized spacial score (nSPS) is 20.3. The summed E-state index contributed by atoms with van der Waals surface area (Å²) in [6.07, 6.45) is 2.19. The number of rotatable bonds is 4. The van der Waals surface area contributed by atoms with Gasteiger partial charge in [0, 0.05) is 13.5 Å². The van der Waals surface area contributed by atoms with Crippen LogP contribution in [0.15, 0.2) is 36.6 Å². The zero-order valence-electron chi connectivity index (χ0n) is 14.6. The minimum absolute atomic E-state index is 0.168. The second-order valence-electron chi connectivity index (χ2n) is 6.32. The molecule has 0 spiro atoms. The summed E-state index contributed by atoms with van der Waals surface area (Å²) in [5.41, 5.74) is 4.78. The van der Waals surface area contributed by atoms with E-state index in [2.05, 4.69) is 29.4 Å². The lowest BCUT2D eigenvalue weighted by Crippen LogP contribution is -2.31. The van der Waals surface area contributed by atoms with Crippen LogP contribution in [-0.2, 0) is 9.53 Å². The summed E-state index contributed by atoms with van der Waals surface area (Å²) >= 11 is 0. The highest BCUT2D eigenvalue weighted by Gasteiger charge is 2.37. The molecule has 0 radical (unpaired) electrons. The second-order valence-corrected chi connectivity index (χ2v) is 6.32. The first-order valence-corrected chi connectivity index (χ1v) is 8.42. The van der Waals surface area contributed by atoms with E-state index in [1.54, 1.807) is 0 Å². The van der Waals surface area contributed by atoms with Crippen LogP contribution in [0.25, 0.3) is 5.57 Å². The first-order chi connectivity index (χ1) is 12.0. The average molecular weight is 341 g/mol. The van der Waals surface area contributed by atoms with E-state index in [0.717, 1.165) is 30.8 Å². The number of cyclic esters (lactones) is 1. The Balaban J connectivity index is 1.81. The number of anilines is 1. The van der Waals surface area contributed by atoms with Crippen molar-refractivity contribution in [1.29, 1.82) is 0 Å². The molecule has 132 valence electrons. The molecule has 2 aliphatic heterocycles. The predicted octanol–water partition coefficient (Wildman–Crippen LogP) is 2.35. The van der Waals surface area contributed by atoms with Crippen molar-refractivity contribution in [2.24, 2.45) is 0 Å². The van der Waals surface area contributed by atoms with E-state index in [0.29, 0.717) is 5.70 Å². The minimum atomic E-state index is -0.539. The van der Waals surface area contributed by atoms with Crippen LogP contribution in [0.4, 0.5) is 10.5 Å². The Bertz CT molecular complexity index is 754. The molecule has 6 nitrogen and oxygen atoms in total. The summed E-state index contributed by atoms with van der Waals surface area (Å²) in [7, 11) is 0. The Morgan fingerprint density at radius 3 is 2.92 bits per heavy atom. The molecule has 2 aliphatic rings. The summed E-state index contributed by atoms with van der Waals surface area (Å²) in [5.74, 6) is -0.168. The van der Waals surface area contributed by atoms with Crippen molar-refractivity contribution in [3.63, 3.8) is 0 Å². The largest absolute Gasteiger partial charge is 0.437 e. The number of carbonyl (C=O) groups is 2. The van der Waals surface area contributed by atoms with Crippen LogP contribution in [0.5, 0.6) is 0 Å². The van der Waals surface area contributed by atoms with Gasteiger partial charge < -0.3 is 15.4 Å². The van der Waals surface area contributed by atoms with Gasteiger partial charge in [-0.05, 0) is 48.7 Å². The molecule has 0 aliphatic carbocycles. The Morgan fingerprint density at radius 2 is 2.28 bits per heavy atom. The molecule has 1 aromatic rings. The van der Waals surface area contributed by atoms with Gasteiger partial charge in [-0.25, -0.2) is 9.69 Å². The molecule has 6 heteroatoms. The van der Waals surface area contributed by atoms with Gasteiger partial charge in [0.25, 0.3) is 0 Å². The van der Waals surface area contributed by atoms with Gasteiger partial charge in [-0.2, -0.15) is 0 Å². The third-order valence-corrected chi connectivity index (χ3v) is 4.49. The monoisotopic (exact) mass is 341 g/mol. The van der Waals surface area contributed by atoms with Crippen molar-refractivity contribution >= 4 is 23.3 Å². The van der Waals surface area contributed by atoms with Gasteiger partial charge in [-0.15, -0.1) is 0 Å². The molecule has 0 aromatic heterocycles. The van der Waals surface area contributed by atoms with Gasteiger partial charge in [0.15, 0.2) is 6.10 Å². The Kier molecular flexibility index (Phi) is 4.90. The van der Waals surface area contributed by atoms with Crippen molar-refractivity contribution in [2.75, 3.05) is 24.5 Å². The van der Waals surface area contributed by atoms with E-state index in [9.17, 15) is 9.59 Å². The van der Waals surface area contributed by atoms with E-state index in [1.807, 2.05) is 19.1 Å². The summed E-state index contributed by atoms with van der Waals surface area (Å²) < 4.78 is 5.35. The summed E-state index contributed by atoms with van der Waals surface area (Å²) in [5, 5.41) is 5.96. The van der Waals surface area contributed by atoms with Crippen LogP contribution >= 0.6 is 0 Å². The van der Waals surface area contributed by atoms with Crippen LogP contribution in [-0.4, -0.2) is 37.7 Å². The number of nitrogens with zero attached hydrogens (tertiary/aromatic N) is 1. The van der Waals surface area contributed by atoms with Crippen LogP contribution in [0, 0.1) is 6.92 Å². The molecule has 1 aromatic carbocycles. The van der Waals surface area contributed by atoms with Gasteiger partial charge in [-0.3, -0.25) is 4.79 Å². The van der Waals surface area contributed by atoms with Crippen LogP contribution in [0.1, 0.15) is 24.5 Å².